The van der Waals surface area contributed by atoms with Gasteiger partial charge in [0.1, 0.15) is 11.9 Å². The first-order valence-electron chi connectivity index (χ1n) is 6.65. The summed E-state index contributed by atoms with van der Waals surface area (Å²) in [6.45, 7) is 6.52. The zero-order chi connectivity index (χ0) is 13.3. The quantitative estimate of drug-likeness (QED) is 0.885. The molecule has 0 aromatic heterocycles. The van der Waals surface area contributed by atoms with Crippen molar-refractivity contribution in [1.29, 1.82) is 0 Å². The fourth-order valence-electron chi connectivity index (χ4n) is 2.94. The molecule has 2 N–H and O–H groups in total. The van der Waals surface area contributed by atoms with Gasteiger partial charge in [-0.3, -0.25) is 0 Å². The van der Waals surface area contributed by atoms with Crippen molar-refractivity contribution >= 4 is 11.6 Å². The molecule has 1 aliphatic carbocycles. The zero-order valence-corrected chi connectivity index (χ0v) is 12.1. The summed E-state index contributed by atoms with van der Waals surface area (Å²) in [5, 5.41) is 0.709. The number of hydrogen-bond acceptors (Lipinski definition) is 2. The first-order chi connectivity index (χ1) is 8.47. The third kappa shape index (κ3) is 2.99. The van der Waals surface area contributed by atoms with Gasteiger partial charge in [0.2, 0.25) is 0 Å². The van der Waals surface area contributed by atoms with Gasteiger partial charge >= 0.3 is 0 Å². The molecule has 0 aliphatic heterocycles. The van der Waals surface area contributed by atoms with E-state index in [0.717, 1.165) is 17.7 Å². The van der Waals surface area contributed by atoms with E-state index < -0.39 is 0 Å². The van der Waals surface area contributed by atoms with E-state index in [2.05, 4.69) is 13.8 Å². The van der Waals surface area contributed by atoms with Crippen LogP contribution in [-0.2, 0) is 0 Å². The highest BCUT2D eigenvalue weighted by molar-refractivity contribution is 6.30. The van der Waals surface area contributed by atoms with Gasteiger partial charge in [-0.05, 0) is 49.3 Å². The standard InChI is InChI=1S/C15H22ClNO/c1-9-6-11(3)15(13(17)7-9)18-14-8-12(16)5-4-10(14)2/h4-5,8-9,11,13,15H,6-7,17H2,1-3H3. The van der Waals surface area contributed by atoms with Crippen molar-refractivity contribution in [3.05, 3.63) is 28.8 Å². The van der Waals surface area contributed by atoms with Crippen molar-refractivity contribution in [2.24, 2.45) is 17.6 Å². The predicted molar refractivity (Wildman–Crippen MR) is 76.1 cm³/mol. The average Bonchev–Trinajstić information content (AvgIpc) is 2.28. The Morgan fingerprint density at radius 2 is 2.00 bits per heavy atom. The van der Waals surface area contributed by atoms with E-state index in [-0.39, 0.29) is 12.1 Å². The predicted octanol–water partition coefficient (Wildman–Crippen LogP) is 3.79. The highest BCUT2D eigenvalue weighted by Crippen LogP contribution is 2.33. The highest BCUT2D eigenvalue weighted by Gasteiger charge is 2.33. The van der Waals surface area contributed by atoms with Crippen LogP contribution in [0.3, 0.4) is 0 Å². The molecule has 0 radical (unpaired) electrons. The Hall–Kier alpha value is -0.730. The van der Waals surface area contributed by atoms with Crippen LogP contribution in [0.15, 0.2) is 18.2 Å². The lowest BCUT2D eigenvalue weighted by molar-refractivity contribution is 0.0621. The summed E-state index contributed by atoms with van der Waals surface area (Å²) in [6.07, 6.45) is 2.31. The summed E-state index contributed by atoms with van der Waals surface area (Å²) in [5.41, 5.74) is 7.35. The molecule has 1 fully saturated rings. The topological polar surface area (TPSA) is 35.2 Å². The number of rotatable bonds is 2. The maximum atomic E-state index is 6.24. The molecule has 1 aliphatic rings. The Labute approximate surface area is 114 Å². The van der Waals surface area contributed by atoms with Crippen molar-refractivity contribution in [2.75, 3.05) is 0 Å². The summed E-state index contributed by atoms with van der Waals surface area (Å²) in [4.78, 5) is 0. The van der Waals surface area contributed by atoms with Crippen molar-refractivity contribution in [2.45, 2.75) is 45.8 Å². The SMILES string of the molecule is Cc1ccc(Cl)cc1OC1C(C)CC(C)CC1N. The minimum Gasteiger partial charge on any atom is -0.488 e. The second-order valence-corrected chi connectivity index (χ2v) is 6.15. The van der Waals surface area contributed by atoms with Gasteiger partial charge in [0.05, 0.1) is 0 Å². The van der Waals surface area contributed by atoms with Crippen LogP contribution in [-0.4, -0.2) is 12.1 Å². The van der Waals surface area contributed by atoms with Gasteiger partial charge in [-0.15, -0.1) is 0 Å². The highest BCUT2D eigenvalue weighted by atomic mass is 35.5. The van der Waals surface area contributed by atoms with Crippen LogP contribution in [0.5, 0.6) is 5.75 Å². The van der Waals surface area contributed by atoms with Crippen LogP contribution in [0.2, 0.25) is 5.02 Å². The molecule has 2 rings (SSSR count). The molecule has 0 amide bonds. The van der Waals surface area contributed by atoms with E-state index in [1.165, 1.54) is 6.42 Å². The number of benzene rings is 1. The molecule has 4 atom stereocenters. The van der Waals surface area contributed by atoms with Crippen LogP contribution in [0.25, 0.3) is 0 Å². The average molecular weight is 268 g/mol. The van der Waals surface area contributed by atoms with Crippen LogP contribution >= 0.6 is 11.6 Å². The Balaban J connectivity index is 2.15. The Kier molecular flexibility index (Phi) is 4.18. The largest absolute Gasteiger partial charge is 0.488 e. The molecule has 0 spiro atoms. The molecule has 1 aromatic rings. The molecule has 0 bridgehead atoms. The lowest BCUT2D eigenvalue weighted by Gasteiger charge is -2.37. The number of ether oxygens (including phenoxy) is 1. The minimum absolute atomic E-state index is 0.0957. The van der Waals surface area contributed by atoms with E-state index in [9.17, 15) is 0 Å². The van der Waals surface area contributed by atoms with Gasteiger partial charge in [-0.1, -0.05) is 31.5 Å². The molecule has 18 heavy (non-hydrogen) atoms. The molecule has 2 nitrogen and oxygen atoms in total. The van der Waals surface area contributed by atoms with E-state index >= 15 is 0 Å². The lowest BCUT2D eigenvalue weighted by atomic mass is 9.78. The Bertz CT molecular complexity index is 409. The Morgan fingerprint density at radius 3 is 2.67 bits per heavy atom. The third-order valence-corrected chi connectivity index (χ3v) is 4.08. The van der Waals surface area contributed by atoms with Gasteiger partial charge in [-0.25, -0.2) is 0 Å². The minimum atomic E-state index is 0.0957. The molecule has 1 saturated carbocycles. The van der Waals surface area contributed by atoms with Crippen LogP contribution < -0.4 is 10.5 Å². The summed E-state index contributed by atoms with van der Waals surface area (Å²) in [7, 11) is 0. The van der Waals surface area contributed by atoms with E-state index in [1.54, 1.807) is 0 Å². The number of halogens is 1. The molecular weight excluding hydrogens is 246 g/mol. The second-order valence-electron chi connectivity index (χ2n) is 5.71. The maximum absolute atomic E-state index is 6.24. The molecule has 0 saturated heterocycles. The number of hydrogen-bond donors (Lipinski definition) is 1. The second kappa shape index (κ2) is 5.50. The number of aryl methyl sites for hydroxylation is 1. The molecule has 0 heterocycles. The molecule has 4 unspecified atom stereocenters. The first kappa shape index (κ1) is 13.7. The fraction of sp³-hybridized carbons (Fsp3) is 0.600. The van der Waals surface area contributed by atoms with Crippen LogP contribution in [0.1, 0.15) is 32.3 Å². The molecule has 3 heteroatoms. The summed E-state index contributed by atoms with van der Waals surface area (Å²) in [5.74, 6) is 2.04. The van der Waals surface area contributed by atoms with Crippen molar-refractivity contribution in [3.8, 4) is 5.75 Å². The third-order valence-electron chi connectivity index (χ3n) is 3.84. The van der Waals surface area contributed by atoms with Gasteiger partial charge in [0.15, 0.2) is 0 Å². The zero-order valence-electron chi connectivity index (χ0n) is 11.3. The first-order valence-corrected chi connectivity index (χ1v) is 7.03. The fourth-order valence-corrected chi connectivity index (χ4v) is 3.10. The molecule has 100 valence electrons. The summed E-state index contributed by atoms with van der Waals surface area (Å²) >= 11 is 6.02. The van der Waals surface area contributed by atoms with E-state index in [0.29, 0.717) is 16.9 Å². The lowest BCUT2D eigenvalue weighted by Crippen LogP contribution is -2.48. The van der Waals surface area contributed by atoms with Gasteiger partial charge in [-0.2, -0.15) is 0 Å². The molecule has 1 aromatic carbocycles. The van der Waals surface area contributed by atoms with Crippen LogP contribution in [0, 0.1) is 18.8 Å². The van der Waals surface area contributed by atoms with Crippen molar-refractivity contribution in [3.63, 3.8) is 0 Å². The van der Waals surface area contributed by atoms with Gasteiger partial charge in [0.25, 0.3) is 0 Å². The van der Waals surface area contributed by atoms with E-state index in [1.807, 2.05) is 25.1 Å². The van der Waals surface area contributed by atoms with E-state index in [4.69, 9.17) is 22.1 Å². The van der Waals surface area contributed by atoms with Crippen molar-refractivity contribution < 1.29 is 4.74 Å². The summed E-state index contributed by atoms with van der Waals surface area (Å²) < 4.78 is 6.13. The van der Waals surface area contributed by atoms with Crippen molar-refractivity contribution in [1.82, 2.24) is 0 Å². The number of nitrogens with two attached hydrogens (primary N) is 1. The normalized spacial score (nSPS) is 32.3. The van der Waals surface area contributed by atoms with Gasteiger partial charge in [0, 0.05) is 11.1 Å². The maximum Gasteiger partial charge on any atom is 0.124 e. The molecular formula is C15H22ClNO. The van der Waals surface area contributed by atoms with Gasteiger partial charge < -0.3 is 10.5 Å². The summed E-state index contributed by atoms with van der Waals surface area (Å²) in [6, 6.07) is 5.87. The van der Waals surface area contributed by atoms with Crippen LogP contribution in [0.4, 0.5) is 0 Å². The Morgan fingerprint density at radius 1 is 1.28 bits per heavy atom. The monoisotopic (exact) mass is 267 g/mol. The smallest absolute Gasteiger partial charge is 0.124 e.